The largest absolute Gasteiger partial charge is 0.507 e. The molecule has 0 spiro atoms. The minimum atomic E-state index is -1.10. The molecule has 0 atom stereocenters. The third-order valence-electron chi connectivity index (χ3n) is 1.94. The van der Waals surface area contributed by atoms with E-state index in [4.69, 9.17) is 14.6 Å². The number of phenols is 1. The number of phenolic OH excluding ortho intramolecular Hbond substituents is 1. The average molecular weight is 224 g/mol. The van der Waals surface area contributed by atoms with Gasteiger partial charge in [0, 0.05) is 18.2 Å². The van der Waals surface area contributed by atoms with Gasteiger partial charge < -0.3 is 19.7 Å². The molecule has 16 heavy (non-hydrogen) atoms. The van der Waals surface area contributed by atoms with Crippen LogP contribution in [-0.2, 0) is 4.79 Å². The summed E-state index contributed by atoms with van der Waals surface area (Å²) in [6.07, 6.45) is 2.18. The molecular formula is C11H12O5. The molecule has 0 aliphatic heterocycles. The maximum Gasteiger partial charge on any atom is 0.328 e. The first-order chi connectivity index (χ1) is 7.58. The molecule has 0 aliphatic rings. The van der Waals surface area contributed by atoms with Gasteiger partial charge in [0.05, 0.1) is 19.8 Å². The molecule has 1 aromatic rings. The Bertz CT molecular complexity index is 423. The molecule has 0 aliphatic carbocycles. The Hall–Kier alpha value is -2.17. The van der Waals surface area contributed by atoms with Crippen LogP contribution in [0.4, 0.5) is 0 Å². The fraction of sp³-hybridized carbons (Fsp3) is 0.182. The van der Waals surface area contributed by atoms with Crippen LogP contribution in [0, 0.1) is 0 Å². The number of benzene rings is 1. The summed E-state index contributed by atoms with van der Waals surface area (Å²) in [5, 5.41) is 18.1. The second-order valence-electron chi connectivity index (χ2n) is 2.93. The molecule has 1 rings (SSSR count). The molecule has 0 unspecified atom stereocenters. The van der Waals surface area contributed by atoms with E-state index in [9.17, 15) is 9.90 Å². The predicted molar refractivity (Wildman–Crippen MR) is 57.9 cm³/mol. The number of hydrogen-bond donors (Lipinski definition) is 2. The van der Waals surface area contributed by atoms with Crippen LogP contribution < -0.4 is 9.47 Å². The van der Waals surface area contributed by atoms with Gasteiger partial charge in [0.25, 0.3) is 0 Å². The van der Waals surface area contributed by atoms with Gasteiger partial charge in [-0.1, -0.05) is 0 Å². The van der Waals surface area contributed by atoms with E-state index in [2.05, 4.69) is 0 Å². The molecule has 86 valence electrons. The molecule has 0 saturated carbocycles. The van der Waals surface area contributed by atoms with E-state index in [-0.39, 0.29) is 5.75 Å². The van der Waals surface area contributed by atoms with Gasteiger partial charge in [0.15, 0.2) is 0 Å². The standard InChI is InChI=1S/C11H12O5/c1-15-7-5-9(12)8(3-4-11(13)14)10(6-7)16-2/h3-6,12H,1-2H3,(H,13,14). The van der Waals surface area contributed by atoms with E-state index in [0.29, 0.717) is 17.1 Å². The second kappa shape index (κ2) is 5.06. The molecule has 1 aromatic carbocycles. The number of methoxy groups -OCH3 is 2. The van der Waals surface area contributed by atoms with Crippen molar-refractivity contribution in [2.24, 2.45) is 0 Å². The molecule has 5 nitrogen and oxygen atoms in total. The van der Waals surface area contributed by atoms with Gasteiger partial charge >= 0.3 is 5.97 Å². The van der Waals surface area contributed by atoms with Crippen molar-refractivity contribution in [1.29, 1.82) is 0 Å². The minimum Gasteiger partial charge on any atom is -0.507 e. The Balaban J connectivity index is 3.21. The lowest BCUT2D eigenvalue weighted by atomic mass is 10.1. The highest BCUT2D eigenvalue weighted by Gasteiger charge is 2.09. The van der Waals surface area contributed by atoms with E-state index >= 15 is 0 Å². The van der Waals surface area contributed by atoms with Crippen molar-refractivity contribution in [2.45, 2.75) is 0 Å². The number of carboxylic acids is 1. The first-order valence-corrected chi connectivity index (χ1v) is 4.44. The van der Waals surface area contributed by atoms with Gasteiger partial charge in [-0.2, -0.15) is 0 Å². The number of aliphatic carboxylic acids is 1. The summed E-state index contributed by atoms with van der Waals surface area (Å²) in [4.78, 5) is 10.4. The van der Waals surface area contributed by atoms with Crippen molar-refractivity contribution in [2.75, 3.05) is 14.2 Å². The first-order valence-electron chi connectivity index (χ1n) is 4.44. The second-order valence-corrected chi connectivity index (χ2v) is 2.93. The molecule has 0 saturated heterocycles. The molecule has 0 aromatic heterocycles. The van der Waals surface area contributed by atoms with Crippen molar-refractivity contribution >= 4 is 12.0 Å². The van der Waals surface area contributed by atoms with E-state index in [1.165, 1.54) is 26.4 Å². The predicted octanol–water partition coefficient (Wildman–Crippen LogP) is 1.51. The molecule has 0 amide bonds. The van der Waals surface area contributed by atoms with Gasteiger partial charge in [0.2, 0.25) is 0 Å². The SMILES string of the molecule is COc1cc(O)c(C=CC(=O)O)c(OC)c1. The van der Waals surface area contributed by atoms with Crippen molar-refractivity contribution < 1.29 is 24.5 Å². The highest BCUT2D eigenvalue weighted by Crippen LogP contribution is 2.34. The summed E-state index contributed by atoms with van der Waals surface area (Å²) < 4.78 is 9.95. The van der Waals surface area contributed by atoms with E-state index < -0.39 is 5.97 Å². The normalized spacial score (nSPS) is 10.4. The van der Waals surface area contributed by atoms with Gasteiger partial charge in [0.1, 0.15) is 17.2 Å². The Kier molecular flexibility index (Phi) is 3.77. The van der Waals surface area contributed by atoms with E-state index in [1.807, 2.05) is 0 Å². The first kappa shape index (κ1) is 11.9. The zero-order chi connectivity index (χ0) is 12.1. The Morgan fingerprint density at radius 2 is 2.00 bits per heavy atom. The number of carbonyl (C=O) groups is 1. The third kappa shape index (κ3) is 2.66. The van der Waals surface area contributed by atoms with Gasteiger partial charge in [-0.15, -0.1) is 0 Å². The van der Waals surface area contributed by atoms with Crippen molar-refractivity contribution in [3.63, 3.8) is 0 Å². The molecule has 0 radical (unpaired) electrons. The lowest BCUT2D eigenvalue weighted by Crippen LogP contribution is -1.92. The summed E-state index contributed by atoms with van der Waals surface area (Å²) in [5.41, 5.74) is 0.297. The van der Waals surface area contributed by atoms with Crippen LogP contribution in [0.5, 0.6) is 17.2 Å². The van der Waals surface area contributed by atoms with Gasteiger partial charge in [-0.3, -0.25) is 0 Å². The topological polar surface area (TPSA) is 76.0 Å². The smallest absolute Gasteiger partial charge is 0.328 e. The number of rotatable bonds is 4. The molecule has 0 fully saturated rings. The fourth-order valence-corrected chi connectivity index (χ4v) is 1.20. The zero-order valence-electron chi connectivity index (χ0n) is 8.93. The zero-order valence-corrected chi connectivity index (χ0v) is 8.93. The van der Waals surface area contributed by atoms with Crippen molar-refractivity contribution in [1.82, 2.24) is 0 Å². The minimum absolute atomic E-state index is 0.103. The Labute approximate surface area is 92.5 Å². The monoisotopic (exact) mass is 224 g/mol. The third-order valence-corrected chi connectivity index (χ3v) is 1.94. The van der Waals surface area contributed by atoms with Crippen LogP contribution >= 0.6 is 0 Å². The average Bonchev–Trinajstić information content (AvgIpc) is 2.26. The van der Waals surface area contributed by atoms with Crippen LogP contribution in [0.3, 0.4) is 0 Å². The maximum absolute atomic E-state index is 10.4. The molecule has 0 bridgehead atoms. The lowest BCUT2D eigenvalue weighted by molar-refractivity contribution is -0.131. The van der Waals surface area contributed by atoms with E-state index in [0.717, 1.165) is 6.08 Å². The van der Waals surface area contributed by atoms with Crippen molar-refractivity contribution in [3.8, 4) is 17.2 Å². The Morgan fingerprint density at radius 3 is 2.50 bits per heavy atom. The van der Waals surface area contributed by atoms with Crippen LogP contribution in [-0.4, -0.2) is 30.4 Å². The summed E-state index contributed by atoms with van der Waals surface area (Å²) in [5.74, 6) is -0.429. The van der Waals surface area contributed by atoms with Crippen LogP contribution in [0.15, 0.2) is 18.2 Å². The van der Waals surface area contributed by atoms with Crippen LogP contribution in [0.1, 0.15) is 5.56 Å². The number of aromatic hydroxyl groups is 1. The molecule has 0 heterocycles. The highest BCUT2D eigenvalue weighted by molar-refractivity contribution is 5.86. The van der Waals surface area contributed by atoms with Crippen molar-refractivity contribution in [3.05, 3.63) is 23.8 Å². The summed E-state index contributed by atoms with van der Waals surface area (Å²) >= 11 is 0. The number of hydrogen-bond acceptors (Lipinski definition) is 4. The van der Waals surface area contributed by atoms with Gasteiger partial charge in [-0.05, 0) is 6.08 Å². The van der Waals surface area contributed by atoms with Crippen LogP contribution in [0.2, 0.25) is 0 Å². The van der Waals surface area contributed by atoms with Crippen LogP contribution in [0.25, 0.3) is 6.08 Å². The summed E-state index contributed by atoms with van der Waals surface area (Å²) in [6.45, 7) is 0. The quantitative estimate of drug-likeness (QED) is 0.758. The molecule has 5 heteroatoms. The summed E-state index contributed by atoms with van der Waals surface area (Å²) in [6, 6.07) is 2.94. The van der Waals surface area contributed by atoms with E-state index in [1.54, 1.807) is 6.07 Å². The number of carboxylic acid groups (broad SMARTS) is 1. The lowest BCUT2D eigenvalue weighted by Gasteiger charge is -2.09. The molecular weight excluding hydrogens is 212 g/mol. The molecule has 2 N–H and O–H groups in total. The fourth-order valence-electron chi connectivity index (χ4n) is 1.20. The highest BCUT2D eigenvalue weighted by atomic mass is 16.5. The van der Waals surface area contributed by atoms with Gasteiger partial charge in [-0.25, -0.2) is 4.79 Å². The summed E-state index contributed by atoms with van der Waals surface area (Å²) in [7, 11) is 2.88. The Morgan fingerprint density at radius 1 is 1.31 bits per heavy atom. The maximum atomic E-state index is 10.4. The number of ether oxygens (including phenoxy) is 2.